The topological polar surface area (TPSA) is 58.3 Å². The summed E-state index contributed by atoms with van der Waals surface area (Å²) in [6.07, 6.45) is 6.96. The molecule has 2 heterocycles. The van der Waals surface area contributed by atoms with Gasteiger partial charge in [-0.3, -0.25) is 9.59 Å². The van der Waals surface area contributed by atoms with E-state index in [0.29, 0.717) is 19.5 Å². The van der Waals surface area contributed by atoms with Crippen LogP contribution in [0.4, 0.5) is 0 Å². The lowest BCUT2D eigenvalue weighted by Crippen LogP contribution is -3.28. The minimum atomic E-state index is 0.134. The fraction of sp³-hybridized carbons (Fsp3) is 0.545. The van der Waals surface area contributed by atoms with Gasteiger partial charge in [-0.05, 0) is 24.5 Å². The van der Waals surface area contributed by atoms with Crippen molar-refractivity contribution in [2.24, 2.45) is 0 Å². The van der Waals surface area contributed by atoms with Crippen molar-refractivity contribution in [1.29, 1.82) is 0 Å². The van der Waals surface area contributed by atoms with Gasteiger partial charge in [0.15, 0.2) is 6.54 Å². The molecule has 152 valence electrons. The van der Waals surface area contributed by atoms with Crippen molar-refractivity contribution in [3.8, 4) is 0 Å². The van der Waals surface area contributed by atoms with Crippen LogP contribution in [-0.2, 0) is 9.59 Å². The number of benzene rings is 1. The Morgan fingerprint density at radius 2 is 1.86 bits per heavy atom. The van der Waals surface area contributed by atoms with Crippen molar-refractivity contribution in [3.05, 3.63) is 42.0 Å². The number of piperazine rings is 1. The molecular formula is C22H34N4O2+2. The molecule has 0 saturated carbocycles. The SMILES string of the molecule is O=C(C[NH+]1CC[NH+](C/C=C/c2ccccc2)CC1)NCCCN1CCCC1=O. The van der Waals surface area contributed by atoms with Crippen LogP contribution < -0.4 is 15.1 Å². The highest BCUT2D eigenvalue weighted by atomic mass is 16.2. The maximum absolute atomic E-state index is 12.2. The fourth-order valence-corrected chi connectivity index (χ4v) is 3.99. The monoisotopic (exact) mass is 386 g/mol. The summed E-state index contributed by atoms with van der Waals surface area (Å²) < 4.78 is 0. The Hall–Kier alpha value is -2.18. The van der Waals surface area contributed by atoms with Gasteiger partial charge in [0.05, 0.1) is 6.54 Å². The van der Waals surface area contributed by atoms with E-state index < -0.39 is 0 Å². The lowest BCUT2D eigenvalue weighted by Gasteiger charge is -2.28. The summed E-state index contributed by atoms with van der Waals surface area (Å²) in [5.41, 5.74) is 1.25. The number of carbonyl (C=O) groups is 2. The van der Waals surface area contributed by atoms with Gasteiger partial charge in [-0.1, -0.05) is 36.4 Å². The summed E-state index contributed by atoms with van der Waals surface area (Å²) in [5.74, 6) is 0.393. The third-order valence-electron chi connectivity index (χ3n) is 5.69. The molecule has 28 heavy (non-hydrogen) atoms. The zero-order valence-electron chi connectivity index (χ0n) is 16.8. The molecule has 0 aliphatic carbocycles. The highest BCUT2D eigenvalue weighted by molar-refractivity contribution is 5.78. The zero-order valence-corrected chi connectivity index (χ0v) is 16.8. The number of nitrogens with zero attached hydrogens (tertiary/aromatic N) is 1. The Morgan fingerprint density at radius 1 is 1.11 bits per heavy atom. The van der Waals surface area contributed by atoms with Crippen molar-refractivity contribution >= 4 is 17.9 Å². The van der Waals surface area contributed by atoms with Gasteiger partial charge in [-0.2, -0.15) is 0 Å². The Bertz CT molecular complexity index is 654. The maximum atomic E-state index is 12.2. The first-order valence-corrected chi connectivity index (χ1v) is 10.6. The van der Waals surface area contributed by atoms with Crippen molar-refractivity contribution in [1.82, 2.24) is 10.2 Å². The van der Waals surface area contributed by atoms with Gasteiger partial charge in [0.1, 0.15) is 26.2 Å². The van der Waals surface area contributed by atoms with E-state index in [2.05, 4.69) is 41.7 Å². The van der Waals surface area contributed by atoms with E-state index in [1.807, 2.05) is 11.0 Å². The van der Waals surface area contributed by atoms with Crippen molar-refractivity contribution < 1.29 is 19.4 Å². The molecule has 0 atom stereocenters. The van der Waals surface area contributed by atoms with Crippen LogP contribution in [0.2, 0.25) is 0 Å². The van der Waals surface area contributed by atoms with Gasteiger partial charge in [-0.15, -0.1) is 0 Å². The van der Waals surface area contributed by atoms with Gasteiger partial charge in [0.2, 0.25) is 5.91 Å². The fourth-order valence-electron chi connectivity index (χ4n) is 3.99. The quantitative estimate of drug-likeness (QED) is 0.458. The predicted molar refractivity (Wildman–Crippen MR) is 110 cm³/mol. The van der Waals surface area contributed by atoms with Gasteiger partial charge in [0, 0.05) is 26.1 Å². The molecule has 1 aromatic rings. The molecule has 6 nitrogen and oxygen atoms in total. The van der Waals surface area contributed by atoms with E-state index in [0.717, 1.165) is 58.7 Å². The van der Waals surface area contributed by atoms with Crippen LogP contribution in [0.3, 0.4) is 0 Å². The minimum Gasteiger partial charge on any atom is -0.351 e. The van der Waals surface area contributed by atoms with E-state index in [-0.39, 0.29) is 11.8 Å². The first kappa shape index (κ1) is 20.6. The van der Waals surface area contributed by atoms with Crippen LogP contribution in [0, 0.1) is 0 Å². The molecule has 0 radical (unpaired) electrons. The summed E-state index contributed by atoms with van der Waals surface area (Å²) in [6, 6.07) is 10.4. The van der Waals surface area contributed by atoms with E-state index in [1.54, 1.807) is 4.90 Å². The van der Waals surface area contributed by atoms with Crippen LogP contribution in [0.25, 0.3) is 6.08 Å². The normalized spacial score (nSPS) is 22.7. The lowest BCUT2D eigenvalue weighted by atomic mass is 10.2. The molecule has 1 aromatic carbocycles. The second-order valence-electron chi connectivity index (χ2n) is 7.88. The Balaban J connectivity index is 1.25. The number of nitrogens with one attached hydrogen (secondary N) is 3. The number of rotatable bonds is 9. The molecule has 2 aliphatic rings. The van der Waals surface area contributed by atoms with E-state index >= 15 is 0 Å². The highest BCUT2D eigenvalue weighted by Crippen LogP contribution is 2.09. The number of carbonyl (C=O) groups excluding carboxylic acids is 2. The molecule has 0 unspecified atom stereocenters. The van der Waals surface area contributed by atoms with Crippen molar-refractivity contribution in [2.45, 2.75) is 19.3 Å². The zero-order chi connectivity index (χ0) is 19.6. The Morgan fingerprint density at radius 3 is 2.57 bits per heavy atom. The number of amides is 2. The number of hydrogen-bond acceptors (Lipinski definition) is 2. The van der Waals surface area contributed by atoms with E-state index in [1.165, 1.54) is 10.5 Å². The Kier molecular flexibility index (Phi) is 8.06. The van der Waals surface area contributed by atoms with E-state index in [9.17, 15) is 9.59 Å². The van der Waals surface area contributed by atoms with Gasteiger partial charge < -0.3 is 20.0 Å². The van der Waals surface area contributed by atoms with Crippen LogP contribution in [0.15, 0.2) is 36.4 Å². The first-order chi connectivity index (χ1) is 13.7. The third-order valence-corrected chi connectivity index (χ3v) is 5.69. The summed E-state index contributed by atoms with van der Waals surface area (Å²) in [7, 11) is 0. The summed E-state index contributed by atoms with van der Waals surface area (Å²) >= 11 is 0. The van der Waals surface area contributed by atoms with Crippen LogP contribution >= 0.6 is 0 Å². The lowest BCUT2D eigenvalue weighted by molar-refractivity contribution is -1.01. The molecule has 0 spiro atoms. The second kappa shape index (κ2) is 11.0. The molecular weight excluding hydrogens is 352 g/mol. The second-order valence-corrected chi connectivity index (χ2v) is 7.88. The third kappa shape index (κ3) is 6.77. The maximum Gasteiger partial charge on any atom is 0.275 e. The predicted octanol–water partition coefficient (Wildman–Crippen LogP) is -1.39. The van der Waals surface area contributed by atoms with Crippen molar-refractivity contribution in [3.63, 3.8) is 0 Å². The van der Waals surface area contributed by atoms with E-state index in [4.69, 9.17) is 0 Å². The molecule has 6 heteroatoms. The molecule has 2 amide bonds. The van der Waals surface area contributed by atoms with Crippen LogP contribution in [0.5, 0.6) is 0 Å². The van der Waals surface area contributed by atoms with Crippen LogP contribution in [-0.4, -0.2) is 75.6 Å². The average molecular weight is 387 g/mol. The summed E-state index contributed by atoms with van der Waals surface area (Å²) in [6.45, 7) is 8.23. The summed E-state index contributed by atoms with van der Waals surface area (Å²) in [5, 5.41) is 3.02. The number of quaternary nitrogens is 2. The molecule has 2 aliphatic heterocycles. The van der Waals surface area contributed by atoms with Crippen LogP contribution in [0.1, 0.15) is 24.8 Å². The summed E-state index contributed by atoms with van der Waals surface area (Å²) in [4.78, 5) is 28.6. The molecule has 2 fully saturated rings. The largest absolute Gasteiger partial charge is 0.351 e. The molecule has 0 bridgehead atoms. The number of likely N-dealkylation sites (tertiary alicyclic amines) is 1. The average Bonchev–Trinajstić information content (AvgIpc) is 3.12. The first-order valence-electron chi connectivity index (χ1n) is 10.6. The van der Waals surface area contributed by atoms with Gasteiger partial charge in [-0.25, -0.2) is 0 Å². The number of hydrogen-bond donors (Lipinski definition) is 3. The molecule has 3 rings (SSSR count). The minimum absolute atomic E-state index is 0.134. The molecule has 0 aromatic heterocycles. The highest BCUT2D eigenvalue weighted by Gasteiger charge is 2.24. The van der Waals surface area contributed by atoms with Gasteiger partial charge >= 0.3 is 0 Å². The smallest absolute Gasteiger partial charge is 0.275 e. The molecule has 3 N–H and O–H groups in total. The molecule has 2 saturated heterocycles. The van der Waals surface area contributed by atoms with Crippen molar-refractivity contribution in [2.75, 3.05) is 58.9 Å². The Labute approximate surface area is 168 Å². The standard InChI is InChI=1S/C22H32N4O2/c27-21(23-11-6-14-26-13-5-10-22(26)28)19-25-17-15-24(16-18-25)12-4-9-20-7-2-1-3-8-20/h1-4,7-9H,5-6,10-19H2,(H,23,27)/p+2/b9-4+. The van der Waals surface area contributed by atoms with Gasteiger partial charge in [0.25, 0.3) is 5.91 Å².